The first-order valence-electron chi connectivity index (χ1n) is 19.5. The number of ether oxygens (including phenoxy) is 7. The SMILES string of the molecule is CC(=O)N[C@H]1C(O)[C@H](O)C(CO)O[C@@H]1OC(C)C.CCOCC1O[C@H](OC(C)C)[C@@H](NC(C)=O)C(C)[C@@H]1C.CN[C@H]1C(C)[C@H](C)C(CO)O[C@@H]1OC(C)C. The van der Waals surface area contributed by atoms with Crippen LogP contribution in [0.1, 0.15) is 90.0 Å². The van der Waals surface area contributed by atoms with E-state index < -0.39 is 43.5 Å². The average molecular weight is 782 g/mol. The van der Waals surface area contributed by atoms with Gasteiger partial charge in [0, 0.05) is 20.5 Å². The second kappa shape index (κ2) is 25.0. The molecule has 16 heteroatoms. The summed E-state index contributed by atoms with van der Waals surface area (Å²) in [7, 11) is 1.92. The Morgan fingerprint density at radius 1 is 0.611 bits per heavy atom. The summed E-state index contributed by atoms with van der Waals surface area (Å²) in [5, 5.41) is 46.7. The van der Waals surface area contributed by atoms with E-state index in [9.17, 15) is 24.9 Å². The Bertz CT molecular complexity index is 1060. The van der Waals surface area contributed by atoms with Gasteiger partial charge < -0.3 is 69.5 Å². The topological polar surface area (TPSA) is 216 Å². The first-order valence-corrected chi connectivity index (χ1v) is 19.5. The second-order valence-electron chi connectivity index (χ2n) is 15.4. The van der Waals surface area contributed by atoms with E-state index in [1.807, 2.05) is 41.7 Å². The minimum atomic E-state index is -1.28. The van der Waals surface area contributed by atoms with Crippen molar-refractivity contribution in [3.05, 3.63) is 0 Å². The number of likely N-dealkylation sites (N-methyl/N-ethyl adjacent to an activating group) is 1. The summed E-state index contributed by atoms with van der Waals surface area (Å²) in [6.07, 6.45) is -5.22. The van der Waals surface area contributed by atoms with Crippen LogP contribution in [0.4, 0.5) is 0 Å². The van der Waals surface area contributed by atoms with Crippen molar-refractivity contribution < 1.29 is 63.2 Å². The molecule has 0 radical (unpaired) electrons. The molecule has 16 nitrogen and oxygen atoms in total. The molecule has 3 heterocycles. The maximum atomic E-state index is 11.4. The van der Waals surface area contributed by atoms with Gasteiger partial charge in [0.1, 0.15) is 24.4 Å². The highest BCUT2D eigenvalue weighted by atomic mass is 16.7. The first-order chi connectivity index (χ1) is 25.2. The van der Waals surface area contributed by atoms with Gasteiger partial charge in [-0.15, -0.1) is 0 Å². The highest BCUT2D eigenvalue weighted by molar-refractivity contribution is 5.73. The molecule has 2 amide bonds. The fourth-order valence-electron chi connectivity index (χ4n) is 6.68. The van der Waals surface area contributed by atoms with Crippen LogP contribution in [0, 0.1) is 23.7 Å². The molecule has 7 N–H and O–H groups in total. The third-order valence-electron chi connectivity index (χ3n) is 10.0. The number of hydrogen-bond acceptors (Lipinski definition) is 14. The molecule has 3 aliphatic rings. The van der Waals surface area contributed by atoms with Gasteiger partial charge in [-0.25, -0.2) is 0 Å². The van der Waals surface area contributed by atoms with Crippen molar-refractivity contribution in [2.24, 2.45) is 23.7 Å². The summed E-state index contributed by atoms with van der Waals surface area (Å²) in [6.45, 7) is 25.7. The lowest BCUT2D eigenvalue weighted by Gasteiger charge is -2.45. The number of nitrogens with one attached hydrogen (secondary N) is 3. The number of aliphatic hydroxyl groups excluding tert-OH is 4. The molecule has 3 saturated heterocycles. The van der Waals surface area contributed by atoms with E-state index in [4.69, 9.17) is 38.3 Å². The van der Waals surface area contributed by atoms with Crippen LogP contribution >= 0.6 is 0 Å². The maximum absolute atomic E-state index is 11.4. The van der Waals surface area contributed by atoms with E-state index >= 15 is 0 Å². The average Bonchev–Trinajstić information content (AvgIpc) is 3.08. The van der Waals surface area contributed by atoms with Crippen LogP contribution in [0.3, 0.4) is 0 Å². The van der Waals surface area contributed by atoms with E-state index in [-0.39, 0.29) is 73.2 Å². The molecule has 0 aromatic heterocycles. The van der Waals surface area contributed by atoms with Crippen LogP contribution in [-0.4, -0.2) is 152 Å². The quantitative estimate of drug-likeness (QED) is 0.132. The summed E-state index contributed by atoms with van der Waals surface area (Å²) in [4.78, 5) is 22.5. The normalized spacial score (nSPS) is 36.9. The molecule has 0 saturated carbocycles. The van der Waals surface area contributed by atoms with E-state index in [1.54, 1.807) is 13.8 Å². The zero-order valence-electron chi connectivity index (χ0n) is 35.2. The van der Waals surface area contributed by atoms with Crippen molar-refractivity contribution in [2.75, 3.05) is 33.5 Å². The van der Waals surface area contributed by atoms with Gasteiger partial charge in [0.05, 0.1) is 62.4 Å². The third kappa shape index (κ3) is 15.8. The highest BCUT2D eigenvalue weighted by Crippen LogP contribution is 2.33. The first kappa shape index (κ1) is 50.5. The lowest BCUT2D eigenvalue weighted by molar-refractivity contribution is -0.278. The van der Waals surface area contributed by atoms with Crippen LogP contribution in [0.2, 0.25) is 0 Å². The van der Waals surface area contributed by atoms with Crippen molar-refractivity contribution >= 4 is 11.8 Å². The Morgan fingerprint density at radius 3 is 1.43 bits per heavy atom. The zero-order valence-corrected chi connectivity index (χ0v) is 35.2. The number of aliphatic hydroxyl groups is 4. The molecule has 15 atom stereocenters. The fourth-order valence-corrected chi connectivity index (χ4v) is 6.68. The fraction of sp³-hybridized carbons (Fsp3) is 0.947. The van der Waals surface area contributed by atoms with Crippen molar-refractivity contribution in [3.8, 4) is 0 Å². The molecule has 0 spiro atoms. The number of amides is 2. The predicted molar refractivity (Wildman–Crippen MR) is 202 cm³/mol. The van der Waals surface area contributed by atoms with Crippen LogP contribution in [-0.2, 0) is 42.7 Å². The lowest BCUT2D eigenvalue weighted by atomic mass is 9.82. The summed E-state index contributed by atoms with van der Waals surface area (Å²) in [5.41, 5.74) is 0. The van der Waals surface area contributed by atoms with Crippen molar-refractivity contribution in [1.29, 1.82) is 0 Å². The molecule has 0 aliphatic carbocycles. The minimum absolute atomic E-state index is 0.00120. The molecule has 0 aromatic carbocycles. The van der Waals surface area contributed by atoms with Gasteiger partial charge in [-0.05, 0) is 79.2 Å². The van der Waals surface area contributed by atoms with E-state index in [0.717, 1.165) is 0 Å². The lowest BCUT2D eigenvalue weighted by Crippen LogP contribution is -2.64. The molecule has 0 bridgehead atoms. The van der Waals surface area contributed by atoms with Gasteiger partial charge in [-0.1, -0.05) is 27.7 Å². The van der Waals surface area contributed by atoms with Crippen LogP contribution in [0.5, 0.6) is 0 Å². The highest BCUT2D eigenvalue weighted by Gasteiger charge is 2.46. The molecular formula is C38H75N3O13. The molecule has 3 aliphatic heterocycles. The van der Waals surface area contributed by atoms with Crippen LogP contribution < -0.4 is 16.0 Å². The Hall–Kier alpha value is -1.54. The van der Waals surface area contributed by atoms with Gasteiger partial charge in [0.15, 0.2) is 18.9 Å². The van der Waals surface area contributed by atoms with Crippen LogP contribution in [0.25, 0.3) is 0 Å². The summed E-state index contributed by atoms with van der Waals surface area (Å²) in [5.74, 6) is 0.884. The van der Waals surface area contributed by atoms with Gasteiger partial charge in [-0.2, -0.15) is 0 Å². The molecule has 320 valence electrons. The number of carbonyl (C=O) groups is 2. The second-order valence-corrected chi connectivity index (χ2v) is 15.4. The molecule has 6 unspecified atom stereocenters. The largest absolute Gasteiger partial charge is 0.394 e. The standard InChI is InChI=1S/C15H29NO4.C12H25NO3.C11H21NO6/c1-7-18-8-13-10(4)11(5)14(16-12(6)17)15(20-13)19-9(2)3;1-7(2)15-12-11(13-5)9(4)8(3)10(6-14)16-12;1-5(2)17-11-8(12-6(3)14)10(16)9(15)7(4-13)18-11/h9-11,13-15H,7-8H2,1-6H3,(H,16,17);7-14H,6H2,1-5H3;5,7-11,13,15-16H,4H2,1-3H3,(H,12,14)/t10-,11?,13?,14-,15-;8-,9?,10?,11-,12-;7?,8-,9+,10?,11-/m000/s1. The predicted octanol–water partition coefficient (Wildman–Crippen LogP) is 1.29. The Morgan fingerprint density at radius 2 is 1.00 bits per heavy atom. The Kier molecular flexibility index (Phi) is 23.3. The monoisotopic (exact) mass is 782 g/mol. The van der Waals surface area contributed by atoms with Crippen LogP contribution in [0.15, 0.2) is 0 Å². The number of carbonyl (C=O) groups excluding carboxylic acids is 2. The van der Waals surface area contributed by atoms with Gasteiger partial charge in [0.25, 0.3) is 0 Å². The van der Waals surface area contributed by atoms with Gasteiger partial charge in [-0.3, -0.25) is 9.59 Å². The molecular weight excluding hydrogens is 706 g/mol. The zero-order chi connectivity index (χ0) is 41.4. The number of rotatable bonds is 14. The summed E-state index contributed by atoms with van der Waals surface area (Å²) < 4.78 is 39.7. The van der Waals surface area contributed by atoms with Crippen molar-refractivity contribution in [3.63, 3.8) is 0 Å². The number of hydrogen-bond donors (Lipinski definition) is 7. The molecule has 3 fully saturated rings. The molecule has 0 aromatic rings. The maximum Gasteiger partial charge on any atom is 0.217 e. The van der Waals surface area contributed by atoms with Crippen molar-refractivity contribution in [1.82, 2.24) is 16.0 Å². The Labute approximate surface area is 323 Å². The molecule has 54 heavy (non-hydrogen) atoms. The summed E-state index contributed by atoms with van der Waals surface area (Å²) in [6, 6.07) is -0.814. The third-order valence-corrected chi connectivity index (χ3v) is 10.0. The summed E-state index contributed by atoms with van der Waals surface area (Å²) >= 11 is 0. The van der Waals surface area contributed by atoms with Crippen molar-refractivity contribution in [2.45, 2.75) is 176 Å². The molecule has 3 rings (SSSR count). The smallest absolute Gasteiger partial charge is 0.217 e. The van der Waals surface area contributed by atoms with Gasteiger partial charge in [0.2, 0.25) is 11.8 Å². The van der Waals surface area contributed by atoms with E-state index in [2.05, 4.69) is 43.6 Å². The van der Waals surface area contributed by atoms with E-state index in [0.29, 0.717) is 31.0 Å². The van der Waals surface area contributed by atoms with Gasteiger partial charge >= 0.3 is 0 Å². The van der Waals surface area contributed by atoms with E-state index in [1.165, 1.54) is 13.8 Å². The minimum Gasteiger partial charge on any atom is -0.394 e. The Balaban J connectivity index is 0.000000408.